The molecule has 0 aromatic heterocycles. The second kappa shape index (κ2) is 4.58. The van der Waals surface area contributed by atoms with E-state index in [0.717, 1.165) is 4.90 Å². The number of carboxylic acid groups (broad SMARTS) is 1. The fourth-order valence-electron chi connectivity index (χ4n) is 1.82. The van der Waals surface area contributed by atoms with Crippen LogP contribution in [0.25, 0.3) is 0 Å². The number of nitrogens with zero attached hydrogens (tertiary/aromatic N) is 1. The van der Waals surface area contributed by atoms with Gasteiger partial charge in [-0.25, -0.2) is 4.79 Å². The molecule has 2 rings (SSSR count). The van der Waals surface area contributed by atoms with Gasteiger partial charge in [-0.1, -0.05) is 12.1 Å². The Kier molecular flexibility index (Phi) is 3.12. The number of hydrogen-bond acceptors (Lipinski definition) is 4. The third kappa shape index (κ3) is 1.98. The van der Waals surface area contributed by atoms with Gasteiger partial charge in [0.15, 0.2) is 6.10 Å². The molecule has 1 unspecified atom stereocenters. The van der Waals surface area contributed by atoms with Gasteiger partial charge >= 0.3 is 5.97 Å². The molecule has 0 aliphatic carbocycles. The topological polar surface area (TPSA) is 94.9 Å². The number of rotatable bonds is 4. The summed E-state index contributed by atoms with van der Waals surface area (Å²) in [6, 6.07) is 6.39. The molecule has 1 aliphatic rings. The van der Waals surface area contributed by atoms with Gasteiger partial charge in [-0.3, -0.25) is 14.5 Å². The highest BCUT2D eigenvalue weighted by Crippen LogP contribution is 2.22. The third-order valence-electron chi connectivity index (χ3n) is 2.79. The monoisotopic (exact) mass is 249 g/mol. The number of carbonyl (C=O) groups excluding carboxylic acids is 2. The number of hydrogen-bond donors (Lipinski definition) is 2. The van der Waals surface area contributed by atoms with Crippen LogP contribution >= 0.6 is 0 Å². The molecule has 94 valence electrons. The van der Waals surface area contributed by atoms with Gasteiger partial charge in [0.05, 0.1) is 11.1 Å². The fraction of sp³-hybridized carbons (Fsp3) is 0.250. The van der Waals surface area contributed by atoms with Crippen molar-refractivity contribution in [2.24, 2.45) is 0 Å². The largest absolute Gasteiger partial charge is 0.479 e. The highest BCUT2D eigenvalue weighted by atomic mass is 16.4. The average molecular weight is 249 g/mol. The molecule has 1 aromatic rings. The molecular formula is C12H11NO5. The van der Waals surface area contributed by atoms with Crippen LogP contribution in [-0.4, -0.2) is 45.5 Å². The molecule has 0 radical (unpaired) electrons. The first-order valence-corrected chi connectivity index (χ1v) is 5.38. The smallest absolute Gasteiger partial charge is 0.332 e. The van der Waals surface area contributed by atoms with Crippen molar-refractivity contribution >= 4 is 17.8 Å². The van der Waals surface area contributed by atoms with E-state index in [2.05, 4.69) is 0 Å². The van der Waals surface area contributed by atoms with E-state index < -0.39 is 23.9 Å². The Morgan fingerprint density at radius 3 is 2.11 bits per heavy atom. The maximum Gasteiger partial charge on any atom is 0.332 e. The van der Waals surface area contributed by atoms with E-state index in [4.69, 9.17) is 10.2 Å². The van der Waals surface area contributed by atoms with Crippen LogP contribution in [0.3, 0.4) is 0 Å². The molecular weight excluding hydrogens is 238 g/mol. The van der Waals surface area contributed by atoms with E-state index in [1.807, 2.05) is 0 Å². The van der Waals surface area contributed by atoms with Gasteiger partial charge < -0.3 is 10.2 Å². The fourth-order valence-corrected chi connectivity index (χ4v) is 1.82. The molecule has 1 aliphatic heterocycles. The average Bonchev–Trinajstić information content (AvgIpc) is 2.60. The Labute approximate surface area is 102 Å². The van der Waals surface area contributed by atoms with Gasteiger partial charge in [0.1, 0.15) is 0 Å². The van der Waals surface area contributed by atoms with Gasteiger partial charge in [0.2, 0.25) is 0 Å². The van der Waals surface area contributed by atoms with E-state index in [0.29, 0.717) is 11.1 Å². The molecule has 0 saturated heterocycles. The molecule has 6 heteroatoms. The summed E-state index contributed by atoms with van der Waals surface area (Å²) in [5.41, 5.74) is 0.625. The Morgan fingerprint density at radius 1 is 1.17 bits per heavy atom. The van der Waals surface area contributed by atoms with Gasteiger partial charge in [0.25, 0.3) is 11.8 Å². The van der Waals surface area contributed by atoms with E-state index in [9.17, 15) is 14.4 Å². The minimum absolute atomic E-state index is 0.111. The first-order valence-electron chi connectivity index (χ1n) is 5.38. The summed E-state index contributed by atoms with van der Waals surface area (Å²) in [6.45, 7) is -0.111. The summed E-state index contributed by atoms with van der Waals surface area (Å²) in [6.07, 6.45) is -1.75. The normalized spacial score (nSPS) is 15.7. The number of carboxylic acids is 1. The number of benzene rings is 1. The van der Waals surface area contributed by atoms with E-state index in [1.165, 1.54) is 0 Å². The predicted molar refractivity (Wildman–Crippen MR) is 60.1 cm³/mol. The quantitative estimate of drug-likeness (QED) is 0.739. The number of aliphatic carboxylic acids is 1. The van der Waals surface area contributed by atoms with Crippen molar-refractivity contribution in [3.05, 3.63) is 35.4 Å². The molecule has 6 nitrogen and oxygen atoms in total. The number of amides is 2. The highest BCUT2D eigenvalue weighted by Gasteiger charge is 2.35. The lowest BCUT2D eigenvalue weighted by atomic mass is 10.1. The van der Waals surface area contributed by atoms with Crippen LogP contribution < -0.4 is 0 Å². The highest BCUT2D eigenvalue weighted by molar-refractivity contribution is 6.21. The van der Waals surface area contributed by atoms with E-state index in [-0.39, 0.29) is 13.0 Å². The summed E-state index contributed by atoms with van der Waals surface area (Å²) in [7, 11) is 0. The van der Waals surface area contributed by atoms with Crippen molar-refractivity contribution < 1.29 is 24.6 Å². The lowest BCUT2D eigenvalue weighted by Crippen LogP contribution is -2.34. The molecule has 2 N–H and O–H groups in total. The maximum atomic E-state index is 11.9. The molecule has 1 aromatic carbocycles. The van der Waals surface area contributed by atoms with Crippen molar-refractivity contribution in [2.45, 2.75) is 12.5 Å². The molecule has 0 fully saturated rings. The Morgan fingerprint density at radius 2 is 1.67 bits per heavy atom. The predicted octanol–water partition coefficient (Wildman–Crippen LogP) is 0.118. The van der Waals surface area contributed by atoms with Gasteiger partial charge in [-0.05, 0) is 12.1 Å². The zero-order valence-electron chi connectivity index (χ0n) is 9.37. The minimum Gasteiger partial charge on any atom is -0.479 e. The molecule has 0 saturated carbocycles. The van der Waals surface area contributed by atoms with Crippen molar-refractivity contribution in [3.63, 3.8) is 0 Å². The molecule has 2 amide bonds. The Balaban J connectivity index is 2.12. The van der Waals surface area contributed by atoms with Crippen LogP contribution in [0.4, 0.5) is 0 Å². The number of fused-ring (bicyclic) bond motifs is 1. The first kappa shape index (κ1) is 12.3. The van der Waals surface area contributed by atoms with Crippen LogP contribution in [0, 0.1) is 0 Å². The van der Waals surface area contributed by atoms with Gasteiger partial charge in [-0.15, -0.1) is 0 Å². The van der Waals surface area contributed by atoms with Gasteiger partial charge in [0, 0.05) is 13.0 Å². The van der Waals surface area contributed by atoms with Crippen LogP contribution in [0.2, 0.25) is 0 Å². The van der Waals surface area contributed by atoms with E-state index in [1.54, 1.807) is 24.3 Å². The zero-order chi connectivity index (χ0) is 13.3. The second-order valence-electron chi connectivity index (χ2n) is 3.95. The maximum absolute atomic E-state index is 11.9. The number of carbonyl (C=O) groups is 3. The number of imide groups is 1. The van der Waals surface area contributed by atoms with Crippen molar-refractivity contribution in [3.8, 4) is 0 Å². The van der Waals surface area contributed by atoms with Gasteiger partial charge in [-0.2, -0.15) is 0 Å². The summed E-state index contributed by atoms with van der Waals surface area (Å²) in [4.78, 5) is 35.1. The van der Waals surface area contributed by atoms with Crippen LogP contribution in [0.1, 0.15) is 27.1 Å². The molecule has 18 heavy (non-hydrogen) atoms. The number of aliphatic hydroxyl groups excluding tert-OH is 1. The van der Waals surface area contributed by atoms with Crippen LogP contribution in [0.15, 0.2) is 24.3 Å². The standard InChI is InChI=1S/C12H11NO5/c14-9(12(17)18)5-6-13-10(15)7-3-1-2-4-8(7)11(13)16/h1-4,9,14H,5-6H2,(H,17,18). The van der Waals surface area contributed by atoms with Crippen molar-refractivity contribution in [1.82, 2.24) is 4.90 Å². The Hall–Kier alpha value is -2.21. The lowest BCUT2D eigenvalue weighted by Gasteiger charge is -2.14. The lowest BCUT2D eigenvalue weighted by molar-refractivity contribution is -0.147. The Bertz CT molecular complexity index is 490. The molecule has 0 bridgehead atoms. The second-order valence-corrected chi connectivity index (χ2v) is 3.95. The number of aliphatic hydroxyl groups is 1. The summed E-state index contributed by atoms with van der Waals surface area (Å²) in [5.74, 6) is -2.27. The van der Waals surface area contributed by atoms with Crippen LogP contribution in [0.5, 0.6) is 0 Å². The third-order valence-corrected chi connectivity index (χ3v) is 2.79. The summed E-state index contributed by atoms with van der Waals surface area (Å²) in [5, 5.41) is 17.7. The molecule has 1 atom stereocenters. The van der Waals surface area contributed by atoms with Crippen molar-refractivity contribution in [2.75, 3.05) is 6.54 Å². The minimum atomic E-state index is -1.57. The summed E-state index contributed by atoms with van der Waals surface area (Å²) >= 11 is 0. The molecule has 1 heterocycles. The summed E-state index contributed by atoms with van der Waals surface area (Å²) < 4.78 is 0. The van der Waals surface area contributed by atoms with E-state index >= 15 is 0 Å². The zero-order valence-corrected chi connectivity index (χ0v) is 9.37. The SMILES string of the molecule is O=C(O)C(O)CCN1C(=O)c2ccccc2C1=O. The van der Waals surface area contributed by atoms with Crippen LogP contribution in [-0.2, 0) is 4.79 Å². The first-order chi connectivity index (χ1) is 8.52. The van der Waals surface area contributed by atoms with Crippen molar-refractivity contribution in [1.29, 1.82) is 0 Å². The molecule has 0 spiro atoms.